The minimum absolute atomic E-state index is 0. The molecule has 10 heteroatoms. The zero-order valence-electron chi connectivity index (χ0n) is 15.9. The third kappa shape index (κ3) is 4.15. The monoisotopic (exact) mass is 404 g/mol. The van der Waals surface area contributed by atoms with Crippen LogP contribution in [0.1, 0.15) is 36.8 Å². The van der Waals surface area contributed by atoms with Gasteiger partial charge in [0.1, 0.15) is 11.6 Å². The zero-order chi connectivity index (χ0) is 18.6. The number of aromatic nitrogens is 7. The molecular formula is C18H25ClN8O. The Labute approximate surface area is 169 Å². The second-order valence-corrected chi connectivity index (χ2v) is 6.88. The van der Waals surface area contributed by atoms with Gasteiger partial charge in [0.2, 0.25) is 0 Å². The topological polar surface area (TPSA) is 95.4 Å². The predicted octanol–water partition coefficient (Wildman–Crippen LogP) is 1.31. The molecular weight excluding hydrogens is 380 g/mol. The van der Waals surface area contributed by atoms with Crippen molar-refractivity contribution in [3.8, 4) is 5.69 Å². The molecule has 2 aromatic heterocycles. The second-order valence-electron chi connectivity index (χ2n) is 6.88. The molecule has 1 aliphatic rings. The molecule has 0 bridgehead atoms. The van der Waals surface area contributed by atoms with Gasteiger partial charge in [0.25, 0.3) is 0 Å². The van der Waals surface area contributed by atoms with E-state index in [1.165, 1.54) is 0 Å². The number of rotatable bonds is 6. The molecule has 150 valence electrons. The summed E-state index contributed by atoms with van der Waals surface area (Å²) < 4.78 is 5.09. The summed E-state index contributed by atoms with van der Waals surface area (Å²) in [6.45, 7) is 4.94. The van der Waals surface area contributed by atoms with E-state index < -0.39 is 0 Å². The molecule has 1 aromatic carbocycles. The molecule has 1 N–H and O–H groups in total. The SMILES string of the molecule is Cc1nnnn1CCCn1nc(C2CCCNC2)n(-c2ccccc2)c1=O.Cl. The molecule has 1 fully saturated rings. The summed E-state index contributed by atoms with van der Waals surface area (Å²) in [5.41, 5.74) is 0.779. The minimum Gasteiger partial charge on any atom is -0.316 e. The summed E-state index contributed by atoms with van der Waals surface area (Å²) in [7, 11) is 0. The van der Waals surface area contributed by atoms with Gasteiger partial charge in [0.15, 0.2) is 0 Å². The third-order valence-electron chi connectivity index (χ3n) is 4.99. The van der Waals surface area contributed by atoms with Crippen LogP contribution in [0.2, 0.25) is 0 Å². The van der Waals surface area contributed by atoms with Crippen LogP contribution in [0.25, 0.3) is 5.69 Å². The number of hydrogen-bond donors (Lipinski definition) is 1. The number of nitrogens with zero attached hydrogens (tertiary/aromatic N) is 7. The van der Waals surface area contributed by atoms with Gasteiger partial charge in [-0.3, -0.25) is 0 Å². The van der Waals surface area contributed by atoms with Crippen LogP contribution in [-0.2, 0) is 13.1 Å². The van der Waals surface area contributed by atoms with Crippen molar-refractivity contribution >= 4 is 12.4 Å². The predicted molar refractivity (Wildman–Crippen MR) is 107 cm³/mol. The molecule has 1 unspecified atom stereocenters. The average Bonchev–Trinajstić information content (AvgIpc) is 3.26. The first-order valence-corrected chi connectivity index (χ1v) is 9.42. The van der Waals surface area contributed by atoms with Crippen molar-refractivity contribution in [2.75, 3.05) is 13.1 Å². The number of piperidine rings is 1. The van der Waals surface area contributed by atoms with E-state index >= 15 is 0 Å². The van der Waals surface area contributed by atoms with Crippen molar-refractivity contribution in [2.45, 2.75) is 45.2 Å². The Morgan fingerprint density at radius 3 is 2.64 bits per heavy atom. The highest BCUT2D eigenvalue weighted by Gasteiger charge is 2.24. The number of tetrazole rings is 1. The van der Waals surface area contributed by atoms with Crippen LogP contribution in [-0.4, -0.2) is 47.6 Å². The fraction of sp³-hybridized carbons (Fsp3) is 0.500. The first kappa shape index (κ1) is 20.2. The molecule has 0 saturated carbocycles. The average molecular weight is 405 g/mol. The van der Waals surface area contributed by atoms with Crippen molar-refractivity contribution in [1.82, 2.24) is 39.9 Å². The standard InChI is InChI=1S/C18H24N8O.ClH/c1-14-20-22-23-24(14)11-6-12-25-18(27)26(16-8-3-2-4-9-16)17(21-25)15-7-5-10-19-13-15;/h2-4,8-9,15,19H,5-7,10-13H2,1H3;1H. The third-order valence-corrected chi connectivity index (χ3v) is 4.99. The van der Waals surface area contributed by atoms with Crippen LogP contribution in [0, 0.1) is 6.92 Å². The Morgan fingerprint density at radius 2 is 1.96 bits per heavy atom. The van der Waals surface area contributed by atoms with Crippen LogP contribution >= 0.6 is 12.4 Å². The number of benzene rings is 1. The lowest BCUT2D eigenvalue weighted by molar-refractivity contribution is 0.435. The lowest BCUT2D eigenvalue weighted by Gasteiger charge is -2.22. The molecule has 0 aliphatic carbocycles. The van der Waals surface area contributed by atoms with Crippen LogP contribution in [0.15, 0.2) is 35.1 Å². The molecule has 28 heavy (non-hydrogen) atoms. The van der Waals surface area contributed by atoms with Crippen molar-refractivity contribution in [1.29, 1.82) is 0 Å². The summed E-state index contributed by atoms with van der Waals surface area (Å²) in [5, 5.41) is 19.6. The molecule has 9 nitrogen and oxygen atoms in total. The van der Waals surface area contributed by atoms with Crippen LogP contribution in [0.4, 0.5) is 0 Å². The van der Waals surface area contributed by atoms with Gasteiger partial charge >= 0.3 is 5.69 Å². The first-order valence-electron chi connectivity index (χ1n) is 9.42. The Hall–Kier alpha value is -2.52. The Kier molecular flexibility index (Phi) is 6.58. The zero-order valence-corrected chi connectivity index (χ0v) is 16.7. The molecule has 0 amide bonds. The van der Waals surface area contributed by atoms with Crippen LogP contribution < -0.4 is 11.0 Å². The molecule has 3 aromatic rings. The van der Waals surface area contributed by atoms with E-state index in [0.29, 0.717) is 13.1 Å². The van der Waals surface area contributed by atoms with E-state index in [4.69, 9.17) is 5.10 Å². The maximum atomic E-state index is 13.1. The van der Waals surface area contributed by atoms with E-state index in [-0.39, 0.29) is 24.0 Å². The maximum Gasteiger partial charge on any atom is 0.350 e. The number of halogens is 1. The van der Waals surface area contributed by atoms with E-state index in [1.807, 2.05) is 37.3 Å². The summed E-state index contributed by atoms with van der Waals surface area (Å²) >= 11 is 0. The highest BCUT2D eigenvalue weighted by atomic mass is 35.5. The first-order chi connectivity index (χ1) is 13.2. The Balaban J connectivity index is 0.00000225. The number of para-hydroxylation sites is 1. The van der Waals surface area contributed by atoms with Crippen LogP contribution in [0.3, 0.4) is 0 Å². The van der Waals surface area contributed by atoms with Gasteiger partial charge in [0.05, 0.1) is 5.69 Å². The van der Waals surface area contributed by atoms with Crippen molar-refractivity contribution in [2.24, 2.45) is 0 Å². The largest absolute Gasteiger partial charge is 0.350 e. The van der Waals surface area contributed by atoms with Gasteiger partial charge in [-0.05, 0) is 55.3 Å². The number of aryl methyl sites for hydroxylation is 3. The summed E-state index contributed by atoms with van der Waals surface area (Å²) in [5.74, 6) is 1.86. The summed E-state index contributed by atoms with van der Waals surface area (Å²) in [4.78, 5) is 13.1. The van der Waals surface area contributed by atoms with Crippen LogP contribution in [0.5, 0.6) is 0 Å². The van der Waals surface area contributed by atoms with Gasteiger partial charge in [-0.25, -0.2) is 18.7 Å². The molecule has 3 heterocycles. The molecule has 1 atom stereocenters. The van der Waals surface area contributed by atoms with E-state index in [1.54, 1.807) is 13.9 Å². The smallest absolute Gasteiger partial charge is 0.316 e. The summed E-state index contributed by atoms with van der Waals surface area (Å²) in [6.07, 6.45) is 2.87. The van der Waals surface area contributed by atoms with Gasteiger partial charge < -0.3 is 5.32 Å². The lowest BCUT2D eigenvalue weighted by atomic mass is 9.99. The maximum absolute atomic E-state index is 13.1. The fourth-order valence-corrected chi connectivity index (χ4v) is 3.55. The highest BCUT2D eigenvalue weighted by molar-refractivity contribution is 5.85. The van der Waals surface area contributed by atoms with E-state index in [9.17, 15) is 4.79 Å². The molecule has 1 saturated heterocycles. The minimum atomic E-state index is -0.0878. The van der Waals surface area contributed by atoms with Crippen molar-refractivity contribution < 1.29 is 0 Å². The highest BCUT2D eigenvalue weighted by Crippen LogP contribution is 2.22. The molecule has 4 rings (SSSR count). The number of nitrogens with one attached hydrogen (secondary N) is 1. The summed E-state index contributed by atoms with van der Waals surface area (Å²) in [6, 6.07) is 9.76. The quantitative estimate of drug-likeness (QED) is 0.665. The molecule has 0 spiro atoms. The normalized spacial score (nSPS) is 16.7. The number of hydrogen-bond acceptors (Lipinski definition) is 6. The van der Waals surface area contributed by atoms with E-state index in [2.05, 4.69) is 20.8 Å². The van der Waals surface area contributed by atoms with Gasteiger partial charge in [-0.15, -0.1) is 17.5 Å². The fourth-order valence-electron chi connectivity index (χ4n) is 3.55. The molecule has 0 radical (unpaired) electrons. The van der Waals surface area contributed by atoms with Gasteiger partial charge in [0, 0.05) is 25.6 Å². The Bertz CT molecular complexity index is 942. The van der Waals surface area contributed by atoms with Gasteiger partial charge in [-0.2, -0.15) is 5.10 Å². The Morgan fingerprint density at radius 1 is 1.18 bits per heavy atom. The van der Waals surface area contributed by atoms with Crippen molar-refractivity contribution in [3.05, 3.63) is 52.5 Å². The van der Waals surface area contributed by atoms with Crippen molar-refractivity contribution in [3.63, 3.8) is 0 Å². The van der Waals surface area contributed by atoms with Gasteiger partial charge in [-0.1, -0.05) is 18.2 Å². The molecule has 1 aliphatic heterocycles. The second kappa shape index (κ2) is 9.11. The lowest BCUT2D eigenvalue weighted by Crippen LogP contribution is -2.31. The van der Waals surface area contributed by atoms with E-state index in [0.717, 1.165) is 49.7 Å².